The van der Waals surface area contributed by atoms with E-state index in [1.54, 1.807) is 7.05 Å². The summed E-state index contributed by atoms with van der Waals surface area (Å²) in [5.74, 6) is -1.88. The van der Waals surface area contributed by atoms with Gasteiger partial charge in [-0.3, -0.25) is 4.79 Å². The van der Waals surface area contributed by atoms with Gasteiger partial charge >= 0.3 is 5.97 Å². The molecular formula is C13H18N2O3. The second kappa shape index (κ2) is 6.16. The minimum Gasteiger partial charge on any atom is -0.480 e. The molecule has 1 aromatic rings. The summed E-state index contributed by atoms with van der Waals surface area (Å²) in [6.07, 6.45) is 0.677. The van der Waals surface area contributed by atoms with E-state index < -0.39 is 17.9 Å². The third-order valence-corrected chi connectivity index (χ3v) is 2.73. The second-order valence-electron chi connectivity index (χ2n) is 4.31. The molecule has 0 bridgehead atoms. The lowest BCUT2D eigenvalue weighted by molar-refractivity contribution is -0.145. The van der Waals surface area contributed by atoms with Gasteiger partial charge in [-0.25, -0.2) is 4.79 Å². The molecule has 1 aromatic carbocycles. The molecule has 0 aliphatic rings. The zero-order valence-electron chi connectivity index (χ0n) is 10.6. The van der Waals surface area contributed by atoms with Gasteiger partial charge in [0.25, 0.3) is 5.91 Å². The Morgan fingerprint density at radius 3 is 2.67 bits per heavy atom. The number of benzene rings is 1. The van der Waals surface area contributed by atoms with E-state index >= 15 is 0 Å². The molecule has 0 radical (unpaired) electrons. The molecule has 18 heavy (non-hydrogen) atoms. The molecule has 0 saturated carbocycles. The van der Waals surface area contributed by atoms with E-state index in [4.69, 9.17) is 10.8 Å². The van der Waals surface area contributed by atoms with Gasteiger partial charge < -0.3 is 15.7 Å². The normalized spacial score (nSPS) is 11.9. The molecule has 0 saturated heterocycles. The highest BCUT2D eigenvalue weighted by molar-refractivity contribution is 6.00. The maximum atomic E-state index is 11.6. The van der Waals surface area contributed by atoms with Crippen LogP contribution in [0.3, 0.4) is 0 Å². The highest BCUT2D eigenvalue weighted by Gasteiger charge is 2.24. The predicted molar refractivity (Wildman–Crippen MR) is 68.1 cm³/mol. The van der Waals surface area contributed by atoms with Crippen LogP contribution in [0, 0.1) is 6.92 Å². The van der Waals surface area contributed by atoms with Crippen molar-refractivity contribution >= 4 is 11.9 Å². The van der Waals surface area contributed by atoms with Crippen molar-refractivity contribution in [2.75, 3.05) is 13.6 Å². The Morgan fingerprint density at radius 2 is 2.11 bits per heavy atom. The highest BCUT2D eigenvalue weighted by Crippen LogP contribution is 2.05. The van der Waals surface area contributed by atoms with Crippen LogP contribution < -0.4 is 5.73 Å². The molecule has 5 heteroatoms. The van der Waals surface area contributed by atoms with E-state index in [9.17, 15) is 9.59 Å². The fourth-order valence-electron chi connectivity index (χ4n) is 1.62. The summed E-state index contributed by atoms with van der Waals surface area (Å²) in [5.41, 5.74) is 7.53. The largest absolute Gasteiger partial charge is 0.480 e. The molecule has 1 atom stereocenters. The van der Waals surface area contributed by atoms with Crippen LogP contribution in [-0.2, 0) is 16.0 Å². The molecular weight excluding hydrogens is 232 g/mol. The Hall–Kier alpha value is -1.88. The summed E-state index contributed by atoms with van der Waals surface area (Å²) < 4.78 is 0. The van der Waals surface area contributed by atoms with Gasteiger partial charge in [-0.05, 0) is 18.9 Å². The smallest absolute Gasteiger partial charge is 0.330 e. The van der Waals surface area contributed by atoms with Gasteiger partial charge in [-0.1, -0.05) is 29.8 Å². The predicted octanol–water partition coefficient (Wildman–Crippen LogP) is 0.408. The Morgan fingerprint density at radius 1 is 1.44 bits per heavy atom. The number of likely N-dealkylation sites (N-methyl/N-ethyl adjacent to an activating group) is 1. The van der Waals surface area contributed by atoms with E-state index in [0.29, 0.717) is 13.0 Å². The standard InChI is InChI=1S/C13H18N2O3/c1-9-4-3-5-10(8-9)6-7-15(2)12(16)11(14)13(17)18/h3-5,8,11H,6-7,14H2,1-2H3,(H,17,18). The lowest BCUT2D eigenvalue weighted by atomic mass is 10.1. The topological polar surface area (TPSA) is 83.6 Å². The fourth-order valence-corrected chi connectivity index (χ4v) is 1.62. The first-order valence-electron chi connectivity index (χ1n) is 5.70. The van der Waals surface area contributed by atoms with Crippen molar-refractivity contribution in [1.82, 2.24) is 4.90 Å². The molecule has 0 aliphatic heterocycles. The lowest BCUT2D eigenvalue weighted by Gasteiger charge is -2.19. The van der Waals surface area contributed by atoms with Crippen LogP contribution in [0.5, 0.6) is 0 Å². The number of rotatable bonds is 5. The van der Waals surface area contributed by atoms with Crippen LogP contribution in [-0.4, -0.2) is 41.5 Å². The number of aliphatic carboxylic acids is 1. The van der Waals surface area contributed by atoms with Gasteiger partial charge in [0.15, 0.2) is 6.04 Å². The van der Waals surface area contributed by atoms with E-state index in [0.717, 1.165) is 11.1 Å². The van der Waals surface area contributed by atoms with Crippen molar-refractivity contribution in [3.05, 3.63) is 35.4 Å². The molecule has 1 unspecified atom stereocenters. The van der Waals surface area contributed by atoms with E-state index in [-0.39, 0.29) is 0 Å². The van der Waals surface area contributed by atoms with Gasteiger partial charge in [-0.15, -0.1) is 0 Å². The summed E-state index contributed by atoms with van der Waals surface area (Å²) in [7, 11) is 1.56. The first kappa shape index (κ1) is 14.2. The SMILES string of the molecule is Cc1cccc(CCN(C)C(=O)C(N)C(=O)O)c1. The van der Waals surface area contributed by atoms with Gasteiger partial charge in [0.1, 0.15) is 0 Å². The zero-order valence-corrected chi connectivity index (χ0v) is 10.6. The zero-order chi connectivity index (χ0) is 13.7. The van der Waals surface area contributed by atoms with Gasteiger partial charge in [0, 0.05) is 13.6 Å². The second-order valence-corrected chi connectivity index (χ2v) is 4.31. The Labute approximate surface area is 106 Å². The maximum Gasteiger partial charge on any atom is 0.330 e. The summed E-state index contributed by atoms with van der Waals surface area (Å²) >= 11 is 0. The van der Waals surface area contributed by atoms with Crippen LogP contribution >= 0.6 is 0 Å². The summed E-state index contributed by atoms with van der Waals surface area (Å²) in [6, 6.07) is 6.49. The fraction of sp³-hybridized carbons (Fsp3) is 0.385. The number of nitrogens with zero attached hydrogens (tertiary/aromatic N) is 1. The van der Waals surface area contributed by atoms with Gasteiger partial charge in [0.05, 0.1) is 0 Å². The number of aryl methyl sites for hydroxylation is 1. The monoisotopic (exact) mass is 250 g/mol. The number of carbonyl (C=O) groups is 2. The number of amides is 1. The molecule has 0 spiro atoms. The van der Waals surface area contributed by atoms with Crippen molar-refractivity contribution < 1.29 is 14.7 Å². The number of carboxylic acid groups (broad SMARTS) is 1. The van der Waals surface area contributed by atoms with Crippen molar-refractivity contribution in [3.63, 3.8) is 0 Å². The van der Waals surface area contributed by atoms with E-state index in [1.807, 2.05) is 31.2 Å². The molecule has 0 aliphatic carbocycles. The van der Waals surface area contributed by atoms with Crippen LogP contribution in [0.25, 0.3) is 0 Å². The first-order valence-corrected chi connectivity index (χ1v) is 5.70. The minimum atomic E-state index is -1.48. The highest BCUT2D eigenvalue weighted by atomic mass is 16.4. The summed E-state index contributed by atoms with van der Waals surface area (Å²) in [5, 5.41) is 8.65. The molecule has 1 rings (SSSR count). The number of nitrogens with two attached hydrogens (primary N) is 1. The molecule has 3 N–H and O–H groups in total. The number of carboxylic acids is 1. The van der Waals surface area contributed by atoms with Crippen molar-refractivity contribution in [2.45, 2.75) is 19.4 Å². The Kier molecular flexibility index (Phi) is 4.85. The lowest BCUT2D eigenvalue weighted by Crippen LogP contribution is -2.47. The third kappa shape index (κ3) is 3.85. The molecule has 0 aromatic heterocycles. The molecule has 98 valence electrons. The van der Waals surface area contributed by atoms with Gasteiger partial charge in [-0.2, -0.15) is 0 Å². The Balaban J connectivity index is 2.53. The van der Waals surface area contributed by atoms with Crippen LogP contribution in [0.2, 0.25) is 0 Å². The quantitative estimate of drug-likeness (QED) is 0.741. The van der Waals surface area contributed by atoms with Crippen LogP contribution in [0.4, 0.5) is 0 Å². The molecule has 0 heterocycles. The van der Waals surface area contributed by atoms with Crippen LogP contribution in [0.1, 0.15) is 11.1 Å². The average Bonchev–Trinajstić information content (AvgIpc) is 2.34. The first-order chi connectivity index (χ1) is 8.41. The number of hydrogen-bond acceptors (Lipinski definition) is 3. The number of hydrogen-bond donors (Lipinski definition) is 2. The molecule has 0 fully saturated rings. The van der Waals surface area contributed by atoms with E-state index in [2.05, 4.69) is 0 Å². The summed E-state index contributed by atoms with van der Waals surface area (Å²) in [4.78, 5) is 23.5. The summed E-state index contributed by atoms with van der Waals surface area (Å²) in [6.45, 7) is 2.45. The van der Waals surface area contributed by atoms with Crippen molar-refractivity contribution in [3.8, 4) is 0 Å². The minimum absolute atomic E-state index is 0.448. The van der Waals surface area contributed by atoms with Gasteiger partial charge in [0.2, 0.25) is 0 Å². The molecule has 1 amide bonds. The van der Waals surface area contributed by atoms with Crippen molar-refractivity contribution in [1.29, 1.82) is 0 Å². The van der Waals surface area contributed by atoms with E-state index in [1.165, 1.54) is 4.90 Å². The van der Waals surface area contributed by atoms with Crippen LogP contribution in [0.15, 0.2) is 24.3 Å². The number of carbonyl (C=O) groups excluding carboxylic acids is 1. The third-order valence-electron chi connectivity index (χ3n) is 2.73. The Bertz CT molecular complexity index is 446. The molecule has 5 nitrogen and oxygen atoms in total. The van der Waals surface area contributed by atoms with Crippen molar-refractivity contribution in [2.24, 2.45) is 5.73 Å². The maximum absolute atomic E-state index is 11.6. The average molecular weight is 250 g/mol.